The summed E-state index contributed by atoms with van der Waals surface area (Å²) in [5.74, 6) is -1.32. The number of nitrogens with zero attached hydrogens (tertiary/aromatic N) is 1. The van der Waals surface area contributed by atoms with Gasteiger partial charge in [-0.05, 0) is 37.1 Å². The van der Waals surface area contributed by atoms with E-state index in [-0.39, 0.29) is 12.1 Å². The fourth-order valence-corrected chi connectivity index (χ4v) is 2.61. The minimum Gasteiger partial charge on any atom is -0.481 e. The Balaban J connectivity index is 1.91. The summed E-state index contributed by atoms with van der Waals surface area (Å²) in [5.41, 5.74) is 1.73. The number of amides is 2. The monoisotopic (exact) mass is 291 g/mol. The standard InChI is InChI=1S/C15H21N3O3/c1-18(2)11-8-6-10(7-9-11)16-15(21)17-13-5-3-4-12(13)14(19)20/h6-9,12-13H,3-5H2,1-2H3,(H,19,20)(H2,16,17,21). The minimum atomic E-state index is -0.840. The van der Waals surface area contributed by atoms with Crippen LogP contribution in [-0.2, 0) is 4.79 Å². The first-order chi connectivity index (χ1) is 9.97. The fourth-order valence-electron chi connectivity index (χ4n) is 2.61. The van der Waals surface area contributed by atoms with Crippen molar-refractivity contribution in [3.8, 4) is 0 Å². The quantitative estimate of drug-likeness (QED) is 0.793. The van der Waals surface area contributed by atoms with E-state index in [1.54, 1.807) is 0 Å². The number of benzene rings is 1. The van der Waals surface area contributed by atoms with Crippen LogP contribution < -0.4 is 15.5 Å². The van der Waals surface area contributed by atoms with E-state index in [2.05, 4.69) is 10.6 Å². The SMILES string of the molecule is CN(C)c1ccc(NC(=O)NC2CCCC2C(=O)O)cc1. The third-order valence-corrected chi connectivity index (χ3v) is 3.79. The maximum atomic E-state index is 11.9. The van der Waals surface area contributed by atoms with E-state index >= 15 is 0 Å². The highest BCUT2D eigenvalue weighted by atomic mass is 16.4. The Kier molecular flexibility index (Phi) is 4.67. The second-order valence-electron chi connectivity index (χ2n) is 5.52. The highest BCUT2D eigenvalue weighted by molar-refractivity contribution is 5.90. The summed E-state index contributed by atoms with van der Waals surface area (Å²) in [6.07, 6.45) is 2.17. The molecule has 1 fully saturated rings. The topological polar surface area (TPSA) is 81.7 Å². The number of hydrogen-bond donors (Lipinski definition) is 3. The van der Waals surface area contributed by atoms with Gasteiger partial charge in [0.25, 0.3) is 0 Å². The second-order valence-corrected chi connectivity index (χ2v) is 5.52. The molecule has 1 saturated carbocycles. The van der Waals surface area contributed by atoms with Crippen molar-refractivity contribution in [2.45, 2.75) is 25.3 Å². The van der Waals surface area contributed by atoms with Crippen molar-refractivity contribution in [1.82, 2.24) is 5.32 Å². The third kappa shape index (κ3) is 3.87. The number of aliphatic carboxylic acids is 1. The molecule has 0 radical (unpaired) electrons. The minimum absolute atomic E-state index is 0.288. The lowest BCUT2D eigenvalue weighted by molar-refractivity contribution is -0.142. The first kappa shape index (κ1) is 15.2. The van der Waals surface area contributed by atoms with Crippen LogP contribution in [0.2, 0.25) is 0 Å². The molecule has 2 atom stereocenters. The number of rotatable bonds is 4. The van der Waals surface area contributed by atoms with Crippen molar-refractivity contribution < 1.29 is 14.7 Å². The molecule has 0 heterocycles. The van der Waals surface area contributed by atoms with Gasteiger partial charge >= 0.3 is 12.0 Å². The van der Waals surface area contributed by atoms with Gasteiger partial charge in [0.2, 0.25) is 0 Å². The van der Waals surface area contributed by atoms with E-state index in [1.165, 1.54) is 0 Å². The number of carbonyl (C=O) groups excluding carboxylic acids is 1. The summed E-state index contributed by atoms with van der Waals surface area (Å²) >= 11 is 0. The summed E-state index contributed by atoms with van der Waals surface area (Å²) in [6, 6.07) is 6.81. The third-order valence-electron chi connectivity index (χ3n) is 3.79. The predicted octanol–water partition coefficient (Wildman–Crippen LogP) is 2.13. The van der Waals surface area contributed by atoms with E-state index in [0.29, 0.717) is 18.5 Å². The second kappa shape index (κ2) is 6.47. The average molecular weight is 291 g/mol. The number of anilines is 2. The Bertz CT molecular complexity index is 513. The molecule has 6 nitrogen and oxygen atoms in total. The van der Waals surface area contributed by atoms with E-state index in [1.807, 2.05) is 43.3 Å². The van der Waals surface area contributed by atoms with Crippen molar-refractivity contribution >= 4 is 23.4 Å². The van der Waals surface area contributed by atoms with Gasteiger partial charge in [0.15, 0.2) is 0 Å². The first-order valence-corrected chi connectivity index (χ1v) is 7.05. The van der Waals surface area contributed by atoms with Gasteiger partial charge < -0.3 is 20.6 Å². The molecule has 3 N–H and O–H groups in total. The van der Waals surface area contributed by atoms with Crippen molar-refractivity contribution in [3.63, 3.8) is 0 Å². The molecule has 1 aliphatic rings. The average Bonchev–Trinajstić information content (AvgIpc) is 2.87. The van der Waals surface area contributed by atoms with Crippen LogP contribution in [0.15, 0.2) is 24.3 Å². The van der Waals surface area contributed by atoms with E-state index in [0.717, 1.165) is 12.1 Å². The summed E-state index contributed by atoms with van der Waals surface area (Å²) in [5, 5.41) is 14.6. The van der Waals surface area contributed by atoms with Crippen LogP contribution in [0.3, 0.4) is 0 Å². The molecule has 114 valence electrons. The Morgan fingerprint density at radius 1 is 1.19 bits per heavy atom. The lowest BCUT2D eigenvalue weighted by atomic mass is 10.0. The molecular formula is C15H21N3O3. The summed E-state index contributed by atoms with van der Waals surface area (Å²) < 4.78 is 0. The van der Waals surface area contributed by atoms with E-state index < -0.39 is 11.9 Å². The highest BCUT2D eigenvalue weighted by Gasteiger charge is 2.33. The Labute approximate surface area is 124 Å². The highest BCUT2D eigenvalue weighted by Crippen LogP contribution is 2.26. The normalized spacial score (nSPS) is 20.9. The van der Waals surface area contributed by atoms with E-state index in [4.69, 9.17) is 5.11 Å². The number of carbonyl (C=O) groups is 2. The summed E-state index contributed by atoms with van der Waals surface area (Å²) in [4.78, 5) is 25.0. The van der Waals surface area contributed by atoms with Crippen molar-refractivity contribution in [1.29, 1.82) is 0 Å². The summed E-state index contributed by atoms with van der Waals surface area (Å²) in [7, 11) is 3.89. The van der Waals surface area contributed by atoms with Crippen LogP contribution in [0.1, 0.15) is 19.3 Å². The Morgan fingerprint density at radius 3 is 2.43 bits per heavy atom. The molecule has 0 spiro atoms. The zero-order valence-electron chi connectivity index (χ0n) is 12.3. The molecule has 0 aliphatic heterocycles. The van der Waals surface area contributed by atoms with Gasteiger partial charge in [0.1, 0.15) is 0 Å². The Morgan fingerprint density at radius 2 is 1.86 bits per heavy atom. The van der Waals surface area contributed by atoms with Crippen molar-refractivity contribution in [2.75, 3.05) is 24.3 Å². The van der Waals surface area contributed by atoms with Crippen LogP contribution in [0.5, 0.6) is 0 Å². The molecule has 0 saturated heterocycles. The molecule has 2 rings (SSSR count). The van der Waals surface area contributed by atoms with Gasteiger partial charge in [-0.25, -0.2) is 4.79 Å². The van der Waals surface area contributed by atoms with Gasteiger partial charge in [-0.1, -0.05) is 6.42 Å². The number of urea groups is 1. The van der Waals surface area contributed by atoms with Crippen molar-refractivity contribution in [2.24, 2.45) is 5.92 Å². The molecule has 6 heteroatoms. The maximum absolute atomic E-state index is 11.9. The molecule has 0 aromatic heterocycles. The van der Waals surface area contributed by atoms with Crippen LogP contribution in [0.4, 0.5) is 16.2 Å². The van der Waals surface area contributed by atoms with Crippen LogP contribution in [0.25, 0.3) is 0 Å². The number of hydrogen-bond acceptors (Lipinski definition) is 3. The lowest BCUT2D eigenvalue weighted by Crippen LogP contribution is -2.42. The smallest absolute Gasteiger partial charge is 0.319 e. The molecule has 1 aromatic carbocycles. The van der Waals surface area contributed by atoms with Crippen LogP contribution in [-0.4, -0.2) is 37.2 Å². The molecule has 1 aromatic rings. The fraction of sp³-hybridized carbons (Fsp3) is 0.467. The number of carboxylic acids is 1. The number of nitrogens with one attached hydrogen (secondary N) is 2. The summed E-state index contributed by atoms with van der Waals surface area (Å²) in [6.45, 7) is 0. The van der Waals surface area contributed by atoms with E-state index in [9.17, 15) is 9.59 Å². The molecule has 21 heavy (non-hydrogen) atoms. The van der Waals surface area contributed by atoms with Gasteiger partial charge in [-0.2, -0.15) is 0 Å². The predicted molar refractivity (Wildman–Crippen MR) is 81.7 cm³/mol. The first-order valence-electron chi connectivity index (χ1n) is 7.05. The molecule has 2 amide bonds. The zero-order chi connectivity index (χ0) is 15.4. The molecule has 1 aliphatic carbocycles. The van der Waals surface area contributed by atoms with Crippen LogP contribution >= 0.6 is 0 Å². The number of carboxylic acid groups (broad SMARTS) is 1. The molecular weight excluding hydrogens is 270 g/mol. The zero-order valence-corrected chi connectivity index (χ0v) is 12.3. The van der Waals surface area contributed by atoms with Crippen molar-refractivity contribution in [3.05, 3.63) is 24.3 Å². The molecule has 0 bridgehead atoms. The maximum Gasteiger partial charge on any atom is 0.319 e. The largest absolute Gasteiger partial charge is 0.481 e. The van der Waals surface area contributed by atoms with Gasteiger partial charge in [-0.3, -0.25) is 4.79 Å². The lowest BCUT2D eigenvalue weighted by Gasteiger charge is -2.18. The Hall–Kier alpha value is -2.24. The van der Waals surface area contributed by atoms with Crippen LogP contribution in [0, 0.1) is 5.92 Å². The molecule has 2 unspecified atom stereocenters. The van der Waals surface area contributed by atoms with Gasteiger partial charge in [-0.15, -0.1) is 0 Å². The van der Waals surface area contributed by atoms with Gasteiger partial charge in [0, 0.05) is 31.5 Å². The van der Waals surface area contributed by atoms with Gasteiger partial charge in [0.05, 0.1) is 5.92 Å².